The lowest BCUT2D eigenvalue weighted by Gasteiger charge is -2.18. The zero-order chi connectivity index (χ0) is 21.3. The molecule has 2 aromatic heterocycles. The first-order chi connectivity index (χ1) is 14.5. The van der Waals surface area contributed by atoms with Crippen molar-refractivity contribution in [2.24, 2.45) is 0 Å². The summed E-state index contributed by atoms with van der Waals surface area (Å²) in [6, 6.07) is 6.22. The zero-order valence-electron chi connectivity index (χ0n) is 17.3. The van der Waals surface area contributed by atoms with E-state index < -0.39 is 6.04 Å². The lowest BCUT2D eigenvalue weighted by molar-refractivity contribution is -0.118. The van der Waals surface area contributed by atoms with Crippen LogP contribution in [0.25, 0.3) is 11.0 Å². The Morgan fingerprint density at radius 3 is 2.73 bits per heavy atom. The smallest absolute Gasteiger partial charge is 0.263 e. The first-order valence-electron chi connectivity index (χ1n) is 9.94. The summed E-state index contributed by atoms with van der Waals surface area (Å²) in [4.78, 5) is 34.9. The highest BCUT2D eigenvalue weighted by Gasteiger charge is 2.21. The van der Waals surface area contributed by atoms with Gasteiger partial charge in [0.2, 0.25) is 5.91 Å². The summed E-state index contributed by atoms with van der Waals surface area (Å²) < 4.78 is 11.9. The van der Waals surface area contributed by atoms with Gasteiger partial charge in [-0.1, -0.05) is 0 Å². The zero-order valence-corrected chi connectivity index (χ0v) is 17.3. The Balaban J connectivity index is 1.66. The molecule has 1 aliphatic carbocycles. The van der Waals surface area contributed by atoms with Gasteiger partial charge in [-0.15, -0.1) is 0 Å². The number of benzene rings is 1. The van der Waals surface area contributed by atoms with E-state index in [0.717, 1.165) is 36.9 Å². The Morgan fingerprint density at radius 1 is 1.17 bits per heavy atom. The molecule has 1 atom stereocenters. The molecule has 8 heteroatoms. The summed E-state index contributed by atoms with van der Waals surface area (Å²) >= 11 is 0. The maximum Gasteiger partial charge on any atom is 0.263 e. The quantitative estimate of drug-likeness (QED) is 0.698. The minimum Gasteiger partial charge on any atom is -0.497 e. The highest BCUT2D eigenvalue weighted by Crippen LogP contribution is 2.29. The minimum atomic E-state index is -0.777. The number of nitrogens with one attached hydrogen (secondary N) is 1. The number of ether oxygens (including phenoxy) is 2. The average molecular weight is 408 g/mol. The standard InChI is InChI=1S/C22H24N4O4/c1-13(21(27)25-18-11-15(29-2)8-9-19(18)30-3)26-12-23-20-16(22(26)28)10-14-6-4-5-7-17(14)24-20/h8-13H,4-7H2,1-3H3,(H,25,27)/t13-/m1/s1. The van der Waals surface area contributed by atoms with Crippen molar-refractivity contribution in [1.82, 2.24) is 14.5 Å². The number of aromatic nitrogens is 3. The molecule has 0 saturated heterocycles. The number of nitrogens with zero attached hydrogens (tertiary/aromatic N) is 3. The molecule has 4 rings (SSSR count). The molecule has 1 aromatic carbocycles. The molecule has 0 unspecified atom stereocenters. The SMILES string of the molecule is COc1ccc(OC)c(NC(=O)[C@@H](C)n2cnc3nc4c(cc3c2=O)CCCC4)c1. The lowest BCUT2D eigenvalue weighted by Crippen LogP contribution is -2.32. The van der Waals surface area contributed by atoms with Gasteiger partial charge in [-0.05, 0) is 56.4 Å². The fourth-order valence-electron chi connectivity index (χ4n) is 3.74. The first-order valence-corrected chi connectivity index (χ1v) is 9.94. The van der Waals surface area contributed by atoms with E-state index in [4.69, 9.17) is 9.47 Å². The van der Waals surface area contributed by atoms with Crippen LogP contribution >= 0.6 is 0 Å². The highest BCUT2D eigenvalue weighted by molar-refractivity contribution is 5.95. The van der Waals surface area contributed by atoms with Crippen LogP contribution in [0.3, 0.4) is 0 Å². The summed E-state index contributed by atoms with van der Waals surface area (Å²) in [5.41, 5.74) is 2.74. The maximum atomic E-state index is 13.1. The second-order valence-corrected chi connectivity index (χ2v) is 7.36. The molecule has 1 aliphatic rings. The topological polar surface area (TPSA) is 95.3 Å². The third-order valence-corrected chi connectivity index (χ3v) is 5.51. The van der Waals surface area contributed by atoms with Gasteiger partial charge in [-0.25, -0.2) is 9.97 Å². The largest absolute Gasteiger partial charge is 0.497 e. The number of rotatable bonds is 5. The van der Waals surface area contributed by atoms with Gasteiger partial charge in [-0.2, -0.15) is 0 Å². The second-order valence-electron chi connectivity index (χ2n) is 7.36. The van der Waals surface area contributed by atoms with Gasteiger partial charge < -0.3 is 14.8 Å². The fraction of sp³-hybridized carbons (Fsp3) is 0.364. The number of hydrogen-bond acceptors (Lipinski definition) is 6. The Labute approximate surface area is 173 Å². The van der Waals surface area contributed by atoms with Crippen LogP contribution in [0.2, 0.25) is 0 Å². The molecule has 0 radical (unpaired) electrons. The molecule has 3 aromatic rings. The molecule has 1 amide bonds. The number of pyridine rings is 1. The van der Waals surface area contributed by atoms with E-state index in [-0.39, 0.29) is 11.5 Å². The molecule has 0 bridgehead atoms. The monoisotopic (exact) mass is 408 g/mol. The van der Waals surface area contributed by atoms with Gasteiger partial charge in [0.1, 0.15) is 23.9 Å². The third-order valence-electron chi connectivity index (χ3n) is 5.51. The lowest BCUT2D eigenvalue weighted by atomic mass is 9.95. The van der Waals surface area contributed by atoms with E-state index >= 15 is 0 Å². The highest BCUT2D eigenvalue weighted by atomic mass is 16.5. The average Bonchev–Trinajstić information content (AvgIpc) is 2.77. The van der Waals surface area contributed by atoms with Crippen molar-refractivity contribution < 1.29 is 14.3 Å². The third kappa shape index (κ3) is 3.60. The van der Waals surface area contributed by atoms with Crippen molar-refractivity contribution in [3.63, 3.8) is 0 Å². The predicted molar refractivity (Wildman–Crippen MR) is 113 cm³/mol. The molecule has 2 heterocycles. The number of fused-ring (bicyclic) bond motifs is 2. The van der Waals surface area contributed by atoms with Crippen molar-refractivity contribution in [1.29, 1.82) is 0 Å². The summed E-state index contributed by atoms with van der Waals surface area (Å²) in [6.45, 7) is 1.66. The Bertz CT molecular complexity index is 1170. The molecule has 8 nitrogen and oxygen atoms in total. The number of anilines is 1. The normalized spacial score (nSPS) is 14.1. The van der Waals surface area contributed by atoms with Crippen LogP contribution in [0.5, 0.6) is 11.5 Å². The van der Waals surface area contributed by atoms with Crippen molar-refractivity contribution in [2.75, 3.05) is 19.5 Å². The molecular formula is C22H24N4O4. The number of amides is 1. The van der Waals surface area contributed by atoms with Crippen LogP contribution in [0.15, 0.2) is 35.4 Å². The van der Waals surface area contributed by atoms with Gasteiger partial charge in [0.25, 0.3) is 5.56 Å². The molecule has 0 aliphatic heterocycles. The van der Waals surface area contributed by atoms with Crippen molar-refractivity contribution in [2.45, 2.75) is 38.6 Å². The van der Waals surface area contributed by atoms with Crippen LogP contribution in [-0.4, -0.2) is 34.7 Å². The summed E-state index contributed by atoms with van der Waals surface area (Å²) in [7, 11) is 3.06. The molecule has 0 fully saturated rings. The Morgan fingerprint density at radius 2 is 1.97 bits per heavy atom. The van der Waals surface area contributed by atoms with Crippen LogP contribution in [0.1, 0.15) is 37.1 Å². The number of aryl methyl sites for hydroxylation is 2. The van der Waals surface area contributed by atoms with Gasteiger partial charge in [0, 0.05) is 11.8 Å². The van der Waals surface area contributed by atoms with E-state index in [1.165, 1.54) is 18.0 Å². The molecule has 0 saturated carbocycles. The Kier molecular flexibility index (Phi) is 5.39. The van der Waals surface area contributed by atoms with Gasteiger partial charge >= 0.3 is 0 Å². The summed E-state index contributed by atoms with van der Waals surface area (Å²) in [6.07, 6.45) is 5.42. The summed E-state index contributed by atoms with van der Waals surface area (Å²) in [5.74, 6) is 0.714. The molecule has 1 N–H and O–H groups in total. The van der Waals surface area contributed by atoms with Crippen molar-refractivity contribution in [3.8, 4) is 11.5 Å². The van der Waals surface area contributed by atoms with Crippen molar-refractivity contribution in [3.05, 3.63) is 52.2 Å². The van der Waals surface area contributed by atoms with Crippen LogP contribution < -0.4 is 20.3 Å². The molecule has 0 spiro atoms. The van der Waals surface area contributed by atoms with Crippen LogP contribution in [-0.2, 0) is 17.6 Å². The minimum absolute atomic E-state index is 0.277. The van der Waals surface area contributed by atoms with E-state index in [2.05, 4.69) is 15.3 Å². The van der Waals surface area contributed by atoms with Crippen LogP contribution in [0, 0.1) is 0 Å². The molecule has 156 valence electrons. The van der Waals surface area contributed by atoms with Gasteiger partial charge in [-0.3, -0.25) is 14.2 Å². The number of methoxy groups -OCH3 is 2. The van der Waals surface area contributed by atoms with Gasteiger partial charge in [0.05, 0.1) is 25.3 Å². The number of hydrogen-bond donors (Lipinski definition) is 1. The van der Waals surface area contributed by atoms with Gasteiger partial charge in [0.15, 0.2) is 5.65 Å². The van der Waals surface area contributed by atoms with E-state index in [1.54, 1.807) is 32.2 Å². The fourth-order valence-corrected chi connectivity index (χ4v) is 3.74. The molecule has 30 heavy (non-hydrogen) atoms. The number of carbonyl (C=O) groups excluding carboxylic acids is 1. The van der Waals surface area contributed by atoms with Crippen molar-refractivity contribution >= 4 is 22.6 Å². The Hall–Kier alpha value is -3.42. The van der Waals surface area contributed by atoms with E-state index in [9.17, 15) is 9.59 Å². The van der Waals surface area contributed by atoms with E-state index in [0.29, 0.717) is 28.2 Å². The predicted octanol–water partition coefficient (Wildman–Crippen LogP) is 2.89. The van der Waals surface area contributed by atoms with E-state index in [1.807, 2.05) is 6.07 Å². The second kappa shape index (κ2) is 8.14. The first kappa shape index (κ1) is 19.9. The summed E-state index contributed by atoms with van der Waals surface area (Å²) in [5, 5.41) is 3.25. The van der Waals surface area contributed by atoms with Crippen LogP contribution in [0.4, 0.5) is 5.69 Å². The maximum absolute atomic E-state index is 13.1. The number of carbonyl (C=O) groups is 1. The molecular weight excluding hydrogens is 384 g/mol.